The van der Waals surface area contributed by atoms with Gasteiger partial charge in [-0.15, -0.1) is 0 Å². The standard InChI is InChI=1S/C34H35NO5/c1-23-30(33(37)39-19-18-38-26-12-8-5-9-13-26)31(32-28(35-23)20-34(2,3)21-29(32)36)25-14-16-27(17-15-25)40-22-24-10-6-4-7-11-24/h4-17,30-31H,18-22H2,1-3H3/t30?,31-/m1/s1. The van der Waals surface area contributed by atoms with Gasteiger partial charge in [-0.3, -0.25) is 14.6 Å². The second-order valence-electron chi connectivity index (χ2n) is 11.2. The molecule has 6 nitrogen and oxygen atoms in total. The zero-order chi connectivity index (χ0) is 28.1. The van der Waals surface area contributed by atoms with Crippen LogP contribution in [0.2, 0.25) is 0 Å². The third kappa shape index (κ3) is 6.33. The van der Waals surface area contributed by atoms with Gasteiger partial charge >= 0.3 is 5.97 Å². The summed E-state index contributed by atoms with van der Waals surface area (Å²) in [5, 5.41) is 0. The van der Waals surface area contributed by atoms with Crippen LogP contribution in [0.4, 0.5) is 0 Å². The third-order valence-electron chi connectivity index (χ3n) is 7.38. The lowest BCUT2D eigenvalue weighted by molar-refractivity contribution is -0.147. The lowest BCUT2D eigenvalue weighted by Crippen LogP contribution is -2.39. The van der Waals surface area contributed by atoms with Crippen molar-refractivity contribution >= 4 is 17.5 Å². The topological polar surface area (TPSA) is 74.2 Å². The number of allylic oxidation sites excluding steroid dienone is 2. The molecule has 0 amide bonds. The molecule has 40 heavy (non-hydrogen) atoms. The molecule has 0 aromatic heterocycles. The number of rotatable bonds is 9. The summed E-state index contributed by atoms with van der Waals surface area (Å²) in [5.41, 5.74) is 3.84. The summed E-state index contributed by atoms with van der Waals surface area (Å²) in [5.74, 6) is -0.0972. The zero-order valence-electron chi connectivity index (χ0n) is 23.3. The van der Waals surface area contributed by atoms with Crippen LogP contribution in [0.15, 0.2) is 101 Å². The number of ketones is 1. The monoisotopic (exact) mass is 537 g/mol. The summed E-state index contributed by atoms with van der Waals surface area (Å²) in [4.78, 5) is 31.8. The van der Waals surface area contributed by atoms with Crippen LogP contribution < -0.4 is 9.47 Å². The number of para-hydroxylation sites is 1. The van der Waals surface area contributed by atoms with Gasteiger partial charge in [0.1, 0.15) is 37.2 Å². The van der Waals surface area contributed by atoms with Gasteiger partial charge in [0.15, 0.2) is 5.78 Å². The summed E-state index contributed by atoms with van der Waals surface area (Å²) in [6.07, 6.45) is 1.11. The summed E-state index contributed by atoms with van der Waals surface area (Å²) in [6, 6.07) is 27.1. The SMILES string of the molecule is CC1=NC2=C(C(=O)CC(C)(C)C2)[C@H](c2ccc(OCc3ccccc3)cc2)C1C(=O)OCCOc1ccccc1. The molecular formula is C34H35NO5. The number of Topliss-reactive ketones (excluding diaryl/α,β-unsaturated/α-hetero) is 1. The highest BCUT2D eigenvalue weighted by Crippen LogP contribution is 2.48. The van der Waals surface area contributed by atoms with Gasteiger partial charge in [-0.2, -0.15) is 0 Å². The van der Waals surface area contributed by atoms with E-state index in [1.54, 1.807) is 0 Å². The first kappa shape index (κ1) is 27.4. The molecule has 3 aromatic rings. The molecule has 5 rings (SSSR count). The molecule has 206 valence electrons. The average molecular weight is 538 g/mol. The maximum absolute atomic E-state index is 13.5. The van der Waals surface area contributed by atoms with Gasteiger partial charge in [-0.25, -0.2) is 0 Å². The second kappa shape index (κ2) is 11.9. The van der Waals surface area contributed by atoms with Crippen molar-refractivity contribution in [2.75, 3.05) is 13.2 Å². The largest absolute Gasteiger partial charge is 0.490 e. The van der Waals surface area contributed by atoms with Crippen molar-refractivity contribution in [2.45, 2.75) is 46.1 Å². The minimum absolute atomic E-state index is 0.0436. The van der Waals surface area contributed by atoms with E-state index in [4.69, 9.17) is 19.2 Å². The van der Waals surface area contributed by atoms with Gasteiger partial charge in [-0.1, -0.05) is 74.5 Å². The van der Waals surface area contributed by atoms with E-state index in [9.17, 15) is 9.59 Å². The van der Waals surface area contributed by atoms with Crippen molar-refractivity contribution in [3.05, 3.63) is 107 Å². The molecule has 2 atom stereocenters. The molecule has 0 bridgehead atoms. The highest BCUT2D eigenvalue weighted by molar-refractivity contribution is 6.09. The van der Waals surface area contributed by atoms with Gasteiger partial charge < -0.3 is 14.2 Å². The van der Waals surface area contributed by atoms with E-state index in [0.717, 1.165) is 22.6 Å². The van der Waals surface area contributed by atoms with Crippen LogP contribution in [0.25, 0.3) is 0 Å². The number of hydrogen-bond donors (Lipinski definition) is 0. The summed E-state index contributed by atoms with van der Waals surface area (Å²) >= 11 is 0. The number of nitrogens with zero attached hydrogens (tertiary/aromatic N) is 1. The Balaban J connectivity index is 1.36. The van der Waals surface area contributed by atoms with Crippen LogP contribution in [0.5, 0.6) is 11.5 Å². The van der Waals surface area contributed by atoms with Crippen molar-refractivity contribution in [2.24, 2.45) is 16.3 Å². The quantitative estimate of drug-likeness (QED) is 0.224. The van der Waals surface area contributed by atoms with Crippen LogP contribution in [-0.2, 0) is 20.9 Å². The Hall–Kier alpha value is -4.19. The molecule has 6 heteroatoms. The van der Waals surface area contributed by atoms with Crippen LogP contribution in [0.1, 0.15) is 50.7 Å². The van der Waals surface area contributed by atoms with Gasteiger partial charge in [0, 0.05) is 29.3 Å². The van der Waals surface area contributed by atoms with Crippen molar-refractivity contribution in [1.82, 2.24) is 0 Å². The maximum Gasteiger partial charge on any atom is 0.315 e. The fraction of sp³-hybridized carbons (Fsp3) is 0.324. The zero-order valence-corrected chi connectivity index (χ0v) is 23.3. The summed E-state index contributed by atoms with van der Waals surface area (Å²) < 4.78 is 17.4. The van der Waals surface area contributed by atoms with Crippen LogP contribution >= 0.6 is 0 Å². The fourth-order valence-electron chi connectivity index (χ4n) is 5.53. The molecule has 1 heterocycles. The van der Waals surface area contributed by atoms with E-state index >= 15 is 0 Å². The molecule has 0 N–H and O–H groups in total. The average Bonchev–Trinajstić information content (AvgIpc) is 2.94. The Morgan fingerprint density at radius 1 is 0.850 bits per heavy atom. The molecular weight excluding hydrogens is 502 g/mol. The fourth-order valence-corrected chi connectivity index (χ4v) is 5.53. The Morgan fingerprint density at radius 3 is 2.20 bits per heavy atom. The van der Waals surface area contributed by atoms with Crippen LogP contribution in [0.3, 0.4) is 0 Å². The first-order chi connectivity index (χ1) is 19.3. The van der Waals surface area contributed by atoms with Gasteiger partial charge in [0.25, 0.3) is 0 Å². The molecule has 0 saturated heterocycles. The molecule has 0 spiro atoms. The number of carbonyl (C=O) groups is 2. The highest BCUT2D eigenvalue weighted by atomic mass is 16.6. The predicted molar refractivity (Wildman–Crippen MR) is 154 cm³/mol. The number of hydrogen-bond acceptors (Lipinski definition) is 6. The Bertz CT molecular complexity index is 1410. The van der Waals surface area contributed by atoms with E-state index in [1.807, 2.05) is 91.9 Å². The third-order valence-corrected chi connectivity index (χ3v) is 7.38. The van der Waals surface area contributed by atoms with Crippen molar-refractivity contribution < 1.29 is 23.8 Å². The van der Waals surface area contributed by atoms with Gasteiger partial charge in [-0.05, 0) is 54.2 Å². The van der Waals surface area contributed by atoms with E-state index < -0.39 is 17.8 Å². The van der Waals surface area contributed by atoms with Crippen molar-refractivity contribution in [3.63, 3.8) is 0 Å². The minimum atomic E-state index is -0.697. The number of ether oxygens (including phenoxy) is 3. The normalized spacial score (nSPS) is 19.9. The van der Waals surface area contributed by atoms with Gasteiger partial charge in [0.2, 0.25) is 0 Å². The van der Waals surface area contributed by atoms with Crippen molar-refractivity contribution in [3.8, 4) is 11.5 Å². The summed E-state index contributed by atoms with van der Waals surface area (Å²) in [6.45, 7) is 6.81. The van der Waals surface area contributed by atoms with E-state index in [2.05, 4.69) is 13.8 Å². The van der Waals surface area contributed by atoms with Crippen LogP contribution in [0, 0.1) is 11.3 Å². The maximum atomic E-state index is 13.5. The Labute approximate surface area is 235 Å². The minimum Gasteiger partial charge on any atom is -0.490 e. The molecule has 1 unspecified atom stereocenters. The first-order valence-corrected chi connectivity index (χ1v) is 13.7. The molecule has 1 aliphatic carbocycles. The Kier molecular flexibility index (Phi) is 8.15. The second-order valence-corrected chi connectivity index (χ2v) is 11.2. The number of carbonyl (C=O) groups excluding carboxylic acids is 2. The molecule has 0 fully saturated rings. The summed E-state index contributed by atoms with van der Waals surface area (Å²) in [7, 11) is 0. The smallest absolute Gasteiger partial charge is 0.315 e. The molecule has 2 aliphatic rings. The first-order valence-electron chi connectivity index (χ1n) is 13.7. The molecule has 3 aromatic carbocycles. The predicted octanol–water partition coefficient (Wildman–Crippen LogP) is 6.71. The van der Waals surface area contributed by atoms with E-state index in [1.165, 1.54) is 0 Å². The van der Waals surface area contributed by atoms with Crippen LogP contribution in [-0.4, -0.2) is 30.7 Å². The molecule has 1 aliphatic heterocycles. The van der Waals surface area contributed by atoms with Gasteiger partial charge in [0.05, 0.1) is 0 Å². The number of aliphatic imine (C=N–C) groups is 1. The number of esters is 1. The Morgan fingerprint density at radius 2 is 1.50 bits per heavy atom. The van der Waals surface area contributed by atoms with E-state index in [-0.39, 0.29) is 24.4 Å². The van der Waals surface area contributed by atoms with E-state index in [0.29, 0.717) is 36.5 Å². The van der Waals surface area contributed by atoms with Crippen molar-refractivity contribution in [1.29, 1.82) is 0 Å². The lowest BCUT2D eigenvalue weighted by atomic mass is 9.67. The molecule has 0 saturated carbocycles. The highest BCUT2D eigenvalue weighted by Gasteiger charge is 2.46. The lowest BCUT2D eigenvalue weighted by Gasteiger charge is -2.39. The number of benzene rings is 3. The molecule has 0 radical (unpaired) electrons.